The van der Waals surface area contributed by atoms with Crippen LogP contribution >= 0.6 is 56.7 Å². The topological polar surface area (TPSA) is 22.9 Å². The molecule has 0 spiro atoms. The number of anilines is 9. The molecule has 0 bridgehead atoms. The van der Waals surface area contributed by atoms with Crippen molar-refractivity contribution < 1.29 is 4.42 Å². The first-order valence-corrected chi connectivity index (χ1v) is 51.2. The van der Waals surface area contributed by atoms with Crippen LogP contribution < -0.4 is 14.7 Å². The molecule has 0 amide bonds. The standard InChI is InChI=1S/C42H33NOS.2C42H33NS2/c1-41(2)33-16-10-8-15-31(33)39-34(42(41,3)4)21-23-38-40(39)32-24-27(19-22-37(32)45-38)43(26-12-6-5-7-13-26)28-18-20-30-29-14-9-11-17-35(29)44-36(30)25-28;1-41(2)33-18-10-8-15-28(33)30-22-24-37-38(39(30)42(41,3)4)31-17-12-19-34(40(31)45-37)43(26-13-6-5-7-14-26)27-21-23-36-32(25-27)29-16-9-11-20-35(29)44-36;1-41(2)35-16-10-8-14-29(35)31-25-40-34(24-36(31)42(41,3)4)33-23-28(19-21-39(33)45-40)43(26-12-6-5-7-13-26)27-18-20-38-32(22-27)30-15-9-11-17-37(30)44-38/h3*5-25H,1-4H3. The Kier molecular flexibility index (Phi) is 19.0. The molecule has 135 heavy (non-hydrogen) atoms. The van der Waals surface area contributed by atoms with Crippen LogP contribution in [0.4, 0.5) is 51.2 Å². The van der Waals surface area contributed by atoms with Crippen molar-refractivity contribution in [3.8, 4) is 33.4 Å². The van der Waals surface area contributed by atoms with E-state index in [2.05, 4.69) is 468 Å². The van der Waals surface area contributed by atoms with E-state index in [1.807, 2.05) is 68.8 Å². The first-order chi connectivity index (χ1) is 65.5. The molecule has 0 fully saturated rings. The SMILES string of the molecule is CC1(C)c2ccccc2-c2c(ccc3sc4ccc(N(c5ccccc5)c5ccc6c(c5)oc5ccccc56)cc4c23)C1(C)C.CC1(C)c2ccccc2-c2cc3sc4ccc(N(c5ccccc5)c5ccc6sc7ccccc7c6c5)cc4c3cc2C1(C)C.CC1(C)c2ccccc2-c2ccc3sc4c(N(c5ccccc5)c5ccc6sc7ccccc7c6c5)cccc4c3c2C1(C)C. The van der Waals surface area contributed by atoms with Crippen LogP contribution in [0.15, 0.2) is 387 Å². The largest absolute Gasteiger partial charge is 0.456 e. The molecular formula is C126H99N3OS5. The normalized spacial score (nSPS) is 15.0. The van der Waals surface area contributed by atoms with E-state index in [0.29, 0.717) is 0 Å². The summed E-state index contributed by atoms with van der Waals surface area (Å²) in [5.74, 6) is 0. The molecule has 3 aliphatic carbocycles. The van der Waals surface area contributed by atoms with Gasteiger partial charge in [0.05, 0.1) is 10.4 Å². The molecule has 0 unspecified atom stereocenters. The summed E-state index contributed by atoms with van der Waals surface area (Å²) in [6.45, 7) is 29.1. The van der Waals surface area contributed by atoms with E-state index >= 15 is 0 Å². The predicted molar refractivity (Wildman–Crippen MR) is 590 cm³/mol. The predicted octanol–water partition coefficient (Wildman–Crippen LogP) is 38.9. The molecule has 4 nitrogen and oxygen atoms in total. The third-order valence-electron chi connectivity index (χ3n) is 31.8. The first kappa shape index (κ1) is 83.1. The van der Waals surface area contributed by atoms with Gasteiger partial charge in [-0.1, -0.05) is 289 Å². The minimum Gasteiger partial charge on any atom is -0.456 e. The van der Waals surface area contributed by atoms with Gasteiger partial charge in [-0.05, 0) is 264 Å². The Morgan fingerprint density at radius 3 is 1.16 bits per heavy atom. The fourth-order valence-corrected chi connectivity index (χ4v) is 28.4. The van der Waals surface area contributed by atoms with Gasteiger partial charge in [-0.2, -0.15) is 0 Å². The van der Waals surface area contributed by atoms with E-state index in [9.17, 15) is 0 Å². The van der Waals surface area contributed by atoms with Crippen molar-refractivity contribution in [1.29, 1.82) is 0 Å². The lowest BCUT2D eigenvalue weighted by Gasteiger charge is -2.48. The minimum atomic E-state index is -0.0651. The number of fused-ring (bicyclic) bond motifs is 29. The smallest absolute Gasteiger partial charge is 0.137 e. The van der Waals surface area contributed by atoms with E-state index < -0.39 is 0 Å². The Morgan fingerprint density at radius 1 is 0.193 bits per heavy atom. The molecule has 6 heterocycles. The van der Waals surface area contributed by atoms with Crippen molar-refractivity contribution >= 4 is 231 Å². The second kappa shape index (κ2) is 30.9. The van der Waals surface area contributed by atoms with E-state index in [1.165, 1.54) is 196 Å². The summed E-state index contributed by atoms with van der Waals surface area (Å²) in [6, 6.07) is 141. The lowest BCUT2D eigenvalue weighted by atomic mass is 9.55. The molecule has 24 aromatic rings. The van der Waals surface area contributed by atoms with Crippen molar-refractivity contribution in [1.82, 2.24) is 0 Å². The third kappa shape index (κ3) is 12.7. The molecule has 0 atom stereocenters. The number of nitrogens with zero attached hydrogens (tertiary/aromatic N) is 3. The number of para-hydroxylation sites is 4. The maximum Gasteiger partial charge on any atom is 0.137 e. The number of thiophene rings is 5. The van der Waals surface area contributed by atoms with Gasteiger partial charge in [-0.25, -0.2) is 0 Å². The van der Waals surface area contributed by atoms with Crippen molar-refractivity contribution in [2.75, 3.05) is 14.7 Å². The van der Waals surface area contributed by atoms with Crippen LogP contribution in [0.3, 0.4) is 0 Å². The van der Waals surface area contributed by atoms with Gasteiger partial charge < -0.3 is 19.1 Å². The highest BCUT2D eigenvalue weighted by molar-refractivity contribution is 7.27. The zero-order valence-electron chi connectivity index (χ0n) is 77.7. The van der Waals surface area contributed by atoms with Crippen LogP contribution in [0.1, 0.15) is 116 Å². The van der Waals surface area contributed by atoms with Crippen molar-refractivity contribution in [3.05, 3.63) is 416 Å². The number of hydrogen-bond acceptors (Lipinski definition) is 9. The van der Waals surface area contributed by atoms with Crippen LogP contribution in [0.5, 0.6) is 0 Å². The number of benzene rings is 18. The summed E-state index contributed by atoms with van der Waals surface area (Å²) >= 11 is 9.47. The highest BCUT2D eigenvalue weighted by Crippen LogP contribution is 2.62. The lowest BCUT2D eigenvalue weighted by molar-refractivity contribution is 0.299. The molecule has 654 valence electrons. The molecule has 0 saturated carbocycles. The van der Waals surface area contributed by atoms with Crippen molar-refractivity contribution in [2.45, 2.75) is 116 Å². The Hall–Kier alpha value is -13.7. The van der Waals surface area contributed by atoms with E-state index in [4.69, 9.17) is 4.42 Å². The van der Waals surface area contributed by atoms with E-state index in [0.717, 1.165) is 44.7 Å². The molecule has 0 aliphatic heterocycles. The summed E-state index contributed by atoms with van der Waals surface area (Å²) in [4.78, 5) is 7.23. The van der Waals surface area contributed by atoms with Crippen LogP contribution in [0.25, 0.3) is 156 Å². The van der Waals surface area contributed by atoms with Crippen LogP contribution in [0, 0.1) is 0 Å². The fourth-order valence-electron chi connectivity index (χ4n) is 22.8. The molecule has 0 saturated heterocycles. The summed E-state index contributed by atoms with van der Waals surface area (Å²) in [7, 11) is 0. The van der Waals surface area contributed by atoms with Gasteiger partial charge >= 0.3 is 0 Å². The number of furan rings is 1. The van der Waals surface area contributed by atoms with Crippen LogP contribution in [-0.2, 0) is 32.5 Å². The zero-order chi connectivity index (χ0) is 91.5. The molecule has 0 radical (unpaired) electrons. The fraction of sp³-hybridized carbons (Fsp3) is 0.143. The highest BCUT2D eigenvalue weighted by Gasteiger charge is 2.50. The van der Waals surface area contributed by atoms with Crippen molar-refractivity contribution in [3.63, 3.8) is 0 Å². The Balaban J connectivity index is 0.000000108. The molecule has 9 heteroatoms. The van der Waals surface area contributed by atoms with E-state index in [-0.39, 0.29) is 32.5 Å². The maximum atomic E-state index is 6.34. The molecule has 3 aliphatic rings. The van der Waals surface area contributed by atoms with Crippen LogP contribution in [-0.4, -0.2) is 0 Å². The Morgan fingerprint density at radius 2 is 0.570 bits per heavy atom. The lowest BCUT2D eigenvalue weighted by Crippen LogP contribution is -2.43. The summed E-state index contributed by atoms with van der Waals surface area (Å²) in [6.07, 6.45) is 0. The molecule has 6 aromatic heterocycles. The van der Waals surface area contributed by atoms with Crippen LogP contribution in [0.2, 0.25) is 0 Å². The molecule has 27 rings (SSSR count). The number of rotatable bonds is 9. The maximum absolute atomic E-state index is 6.34. The second-order valence-electron chi connectivity index (χ2n) is 40.2. The highest BCUT2D eigenvalue weighted by atomic mass is 32.1. The Bertz CT molecular complexity index is 8970. The van der Waals surface area contributed by atoms with Gasteiger partial charge in [0.25, 0.3) is 0 Å². The van der Waals surface area contributed by atoms with Gasteiger partial charge in [-0.15, -0.1) is 56.7 Å². The molecular weight excluding hydrogens is 1730 g/mol. The quantitative estimate of drug-likeness (QED) is 0.144. The Labute approximate surface area is 807 Å². The molecule has 18 aromatic carbocycles. The van der Waals surface area contributed by atoms with E-state index in [1.54, 1.807) is 0 Å². The monoisotopic (exact) mass is 1830 g/mol. The van der Waals surface area contributed by atoms with Gasteiger partial charge in [0.1, 0.15) is 11.2 Å². The van der Waals surface area contributed by atoms with Gasteiger partial charge in [0.2, 0.25) is 0 Å². The van der Waals surface area contributed by atoms with Gasteiger partial charge in [-0.3, -0.25) is 0 Å². The van der Waals surface area contributed by atoms with Gasteiger partial charge in [0, 0.05) is 164 Å². The summed E-state index contributed by atoms with van der Waals surface area (Å²) < 4.78 is 19.7. The third-order valence-corrected chi connectivity index (χ3v) is 37.6. The first-order valence-electron chi connectivity index (χ1n) is 47.1. The second-order valence-corrected chi connectivity index (χ2v) is 45.6. The average Bonchev–Trinajstić information content (AvgIpc) is 1.67. The zero-order valence-corrected chi connectivity index (χ0v) is 81.7. The summed E-state index contributed by atoms with van der Waals surface area (Å²) in [5.41, 5.74) is 29.0. The van der Waals surface area contributed by atoms with Crippen molar-refractivity contribution in [2.24, 2.45) is 0 Å². The average molecular weight is 1830 g/mol. The summed E-state index contributed by atoms with van der Waals surface area (Å²) in [5, 5.41) is 15.7. The minimum absolute atomic E-state index is 0.000657. The number of hydrogen-bond donors (Lipinski definition) is 0. The van der Waals surface area contributed by atoms with Gasteiger partial charge in [0.15, 0.2) is 0 Å². The molecule has 0 N–H and O–H groups in total.